The fourth-order valence-corrected chi connectivity index (χ4v) is 2.68. The van der Waals surface area contributed by atoms with E-state index in [2.05, 4.69) is 45.0 Å². The van der Waals surface area contributed by atoms with E-state index in [0.29, 0.717) is 24.6 Å². The first-order valence-electron chi connectivity index (χ1n) is 9.40. The number of aromatic nitrogens is 1. The van der Waals surface area contributed by atoms with Gasteiger partial charge in [0.15, 0.2) is 5.96 Å². The lowest BCUT2D eigenvalue weighted by molar-refractivity contribution is 0.0954. The van der Waals surface area contributed by atoms with E-state index in [0.717, 1.165) is 24.7 Å². The molecule has 29 heavy (non-hydrogen) atoms. The Morgan fingerprint density at radius 3 is 2.41 bits per heavy atom. The van der Waals surface area contributed by atoms with Crippen LogP contribution in [0.5, 0.6) is 5.75 Å². The van der Waals surface area contributed by atoms with Gasteiger partial charge in [0.25, 0.3) is 5.91 Å². The Kier molecular flexibility index (Phi) is 11.7. The molecule has 0 spiro atoms. The van der Waals surface area contributed by atoms with Crippen molar-refractivity contribution in [2.45, 2.75) is 19.3 Å². The van der Waals surface area contributed by atoms with Gasteiger partial charge in [0.05, 0.1) is 12.7 Å². The summed E-state index contributed by atoms with van der Waals surface area (Å²) >= 11 is 0. The van der Waals surface area contributed by atoms with E-state index in [4.69, 9.17) is 4.74 Å². The van der Waals surface area contributed by atoms with E-state index >= 15 is 0 Å². The van der Waals surface area contributed by atoms with Crippen LogP contribution in [0.4, 0.5) is 0 Å². The van der Waals surface area contributed by atoms with Crippen molar-refractivity contribution in [3.63, 3.8) is 0 Å². The van der Waals surface area contributed by atoms with Gasteiger partial charge < -0.3 is 20.7 Å². The Labute approximate surface area is 189 Å². The van der Waals surface area contributed by atoms with Crippen molar-refractivity contribution in [3.05, 3.63) is 59.9 Å². The minimum Gasteiger partial charge on any atom is -0.497 e. The summed E-state index contributed by atoms with van der Waals surface area (Å²) in [6.45, 7) is 4.08. The third-order valence-corrected chi connectivity index (χ3v) is 4.40. The average molecular weight is 511 g/mol. The van der Waals surface area contributed by atoms with Gasteiger partial charge in [-0.3, -0.25) is 14.8 Å². The minimum atomic E-state index is -0.133. The monoisotopic (exact) mass is 511 g/mol. The molecule has 0 saturated heterocycles. The van der Waals surface area contributed by atoms with E-state index in [1.54, 1.807) is 38.7 Å². The van der Waals surface area contributed by atoms with Crippen molar-refractivity contribution in [2.24, 2.45) is 4.99 Å². The number of amides is 1. The van der Waals surface area contributed by atoms with Crippen LogP contribution in [0, 0.1) is 0 Å². The van der Waals surface area contributed by atoms with Gasteiger partial charge in [-0.1, -0.05) is 19.1 Å². The van der Waals surface area contributed by atoms with Crippen LogP contribution in [0.1, 0.15) is 35.2 Å². The van der Waals surface area contributed by atoms with Crippen molar-refractivity contribution in [3.8, 4) is 5.75 Å². The number of methoxy groups -OCH3 is 1. The molecule has 1 unspecified atom stereocenters. The second-order valence-electron chi connectivity index (χ2n) is 6.39. The summed E-state index contributed by atoms with van der Waals surface area (Å²) in [6, 6.07) is 11.6. The van der Waals surface area contributed by atoms with Gasteiger partial charge in [0, 0.05) is 39.1 Å². The zero-order valence-corrected chi connectivity index (χ0v) is 19.5. The highest BCUT2D eigenvalue weighted by Gasteiger charge is 2.07. The summed E-state index contributed by atoms with van der Waals surface area (Å²) in [4.78, 5) is 20.1. The van der Waals surface area contributed by atoms with Crippen LogP contribution in [0.3, 0.4) is 0 Å². The number of guanidine groups is 1. The van der Waals surface area contributed by atoms with Crippen molar-refractivity contribution >= 4 is 35.8 Å². The van der Waals surface area contributed by atoms with E-state index in [9.17, 15) is 4.79 Å². The number of ether oxygens (including phenoxy) is 1. The number of halogens is 1. The van der Waals surface area contributed by atoms with Crippen molar-refractivity contribution < 1.29 is 9.53 Å². The first-order valence-corrected chi connectivity index (χ1v) is 9.40. The zero-order valence-electron chi connectivity index (χ0n) is 17.1. The molecule has 0 aliphatic rings. The molecule has 158 valence electrons. The number of nitrogens with one attached hydrogen (secondary N) is 3. The molecule has 1 atom stereocenters. The standard InChI is InChI=1S/C21H29N5O2.HI/c1-16(17-6-8-19(28-3)9-7-17)10-12-25-21(22-2)26-14-13-24-20(27)18-5-4-11-23-15-18;/h4-9,11,15-16H,10,12-14H2,1-3H3,(H,24,27)(H2,22,25,26);1H. The lowest BCUT2D eigenvalue weighted by Crippen LogP contribution is -2.42. The molecule has 0 radical (unpaired) electrons. The molecule has 0 aliphatic heterocycles. The van der Waals surface area contributed by atoms with Gasteiger partial charge in [-0.05, 0) is 42.2 Å². The third kappa shape index (κ3) is 8.68. The summed E-state index contributed by atoms with van der Waals surface area (Å²) < 4.78 is 5.20. The van der Waals surface area contributed by atoms with Crippen LogP contribution < -0.4 is 20.7 Å². The molecule has 7 nitrogen and oxygen atoms in total. The molecule has 2 aromatic rings. The average Bonchev–Trinajstić information content (AvgIpc) is 2.75. The van der Waals surface area contributed by atoms with Crippen molar-refractivity contribution in [1.82, 2.24) is 20.9 Å². The largest absolute Gasteiger partial charge is 0.497 e. The SMILES string of the molecule is CN=C(NCCNC(=O)c1cccnc1)NCCC(C)c1ccc(OC)cc1.I. The molecule has 3 N–H and O–H groups in total. The highest BCUT2D eigenvalue weighted by Crippen LogP contribution is 2.21. The van der Waals surface area contributed by atoms with Gasteiger partial charge in [-0.15, -0.1) is 24.0 Å². The molecule has 1 heterocycles. The van der Waals surface area contributed by atoms with Crippen molar-refractivity contribution in [2.75, 3.05) is 33.8 Å². The second kappa shape index (κ2) is 13.8. The number of benzene rings is 1. The number of rotatable bonds is 9. The summed E-state index contributed by atoms with van der Waals surface area (Å²) in [7, 11) is 3.40. The molecule has 1 aromatic carbocycles. The van der Waals surface area contributed by atoms with Crippen LogP contribution in [0.15, 0.2) is 53.8 Å². The molecular formula is C21H30IN5O2. The highest BCUT2D eigenvalue weighted by molar-refractivity contribution is 14.0. The number of pyridine rings is 1. The van der Waals surface area contributed by atoms with Crippen LogP contribution in [-0.2, 0) is 0 Å². The maximum atomic E-state index is 11.9. The summed E-state index contributed by atoms with van der Waals surface area (Å²) in [5.74, 6) is 1.88. The predicted molar refractivity (Wildman–Crippen MR) is 127 cm³/mol. The lowest BCUT2D eigenvalue weighted by Gasteiger charge is -2.15. The summed E-state index contributed by atoms with van der Waals surface area (Å²) in [5, 5.41) is 9.35. The van der Waals surface area contributed by atoms with Gasteiger partial charge in [-0.25, -0.2) is 0 Å². The molecule has 0 fully saturated rings. The number of carbonyl (C=O) groups is 1. The summed E-state index contributed by atoms with van der Waals surface area (Å²) in [6.07, 6.45) is 4.17. The minimum absolute atomic E-state index is 0. The number of hydrogen-bond donors (Lipinski definition) is 3. The molecule has 1 aromatic heterocycles. The van der Waals surface area contributed by atoms with E-state index < -0.39 is 0 Å². The fraction of sp³-hybridized carbons (Fsp3) is 0.381. The molecular weight excluding hydrogens is 481 g/mol. The highest BCUT2D eigenvalue weighted by atomic mass is 127. The Hall–Kier alpha value is -2.36. The topological polar surface area (TPSA) is 87.6 Å². The summed E-state index contributed by atoms with van der Waals surface area (Å²) in [5.41, 5.74) is 1.83. The first kappa shape index (κ1) is 24.7. The Morgan fingerprint density at radius 2 is 1.79 bits per heavy atom. The Bertz CT molecular complexity index is 753. The third-order valence-electron chi connectivity index (χ3n) is 4.40. The van der Waals surface area contributed by atoms with Crippen molar-refractivity contribution in [1.29, 1.82) is 0 Å². The lowest BCUT2D eigenvalue weighted by atomic mass is 9.98. The maximum Gasteiger partial charge on any atom is 0.252 e. The van der Waals surface area contributed by atoms with Gasteiger partial charge in [0.2, 0.25) is 0 Å². The number of nitrogens with zero attached hydrogens (tertiary/aromatic N) is 2. The quantitative estimate of drug-likeness (QED) is 0.209. The molecule has 2 rings (SSSR count). The smallest absolute Gasteiger partial charge is 0.252 e. The zero-order chi connectivity index (χ0) is 20.2. The van der Waals surface area contributed by atoms with E-state index in [-0.39, 0.29) is 29.9 Å². The molecule has 8 heteroatoms. The van der Waals surface area contributed by atoms with Crippen LogP contribution in [0.25, 0.3) is 0 Å². The second-order valence-corrected chi connectivity index (χ2v) is 6.39. The number of aliphatic imine (C=N–C) groups is 1. The Morgan fingerprint density at radius 1 is 1.10 bits per heavy atom. The van der Waals surface area contributed by atoms with Crippen LogP contribution in [-0.4, -0.2) is 50.6 Å². The number of hydrogen-bond acceptors (Lipinski definition) is 4. The van der Waals surface area contributed by atoms with Gasteiger partial charge in [-0.2, -0.15) is 0 Å². The van der Waals surface area contributed by atoms with Crippen LogP contribution in [0.2, 0.25) is 0 Å². The fourth-order valence-electron chi connectivity index (χ4n) is 2.68. The maximum absolute atomic E-state index is 11.9. The molecule has 0 saturated carbocycles. The predicted octanol–water partition coefficient (Wildman–Crippen LogP) is 2.80. The van der Waals surface area contributed by atoms with Gasteiger partial charge >= 0.3 is 0 Å². The normalized spacial score (nSPS) is 11.8. The van der Waals surface area contributed by atoms with Gasteiger partial charge in [0.1, 0.15) is 5.75 Å². The van der Waals surface area contributed by atoms with Crippen LogP contribution >= 0.6 is 24.0 Å². The Balaban J connectivity index is 0.00000420. The first-order chi connectivity index (χ1) is 13.6. The van der Waals surface area contributed by atoms with E-state index in [1.165, 1.54) is 5.56 Å². The van der Waals surface area contributed by atoms with E-state index in [1.807, 2.05) is 12.1 Å². The molecule has 0 aliphatic carbocycles. The number of carbonyl (C=O) groups excluding carboxylic acids is 1. The molecule has 1 amide bonds. The molecule has 0 bridgehead atoms.